The van der Waals surface area contributed by atoms with Crippen molar-refractivity contribution in [2.24, 2.45) is 5.73 Å². The lowest BCUT2D eigenvalue weighted by atomic mass is 10.1. The molecule has 0 bridgehead atoms. The SMILES string of the molecule is C=CCNc1nc(Nc2ccc(CC(=O)NCCOCCOCCN)cc2)nc(N2CCCC2)n1. The number of nitrogens with one attached hydrogen (secondary N) is 3. The lowest BCUT2D eigenvalue weighted by Crippen LogP contribution is -2.29. The topological polar surface area (TPSA) is 140 Å². The quantitative estimate of drug-likeness (QED) is 0.204. The van der Waals surface area contributed by atoms with Crippen LogP contribution in [0, 0.1) is 0 Å². The molecule has 5 N–H and O–H groups in total. The second-order valence-electron chi connectivity index (χ2n) is 8.01. The maximum Gasteiger partial charge on any atom is 0.233 e. The molecule has 1 amide bonds. The van der Waals surface area contributed by atoms with Crippen molar-refractivity contribution in [3.8, 4) is 0 Å². The van der Waals surface area contributed by atoms with Gasteiger partial charge in [0.25, 0.3) is 0 Å². The molecule has 11 heteroatoms. The molecule has 190 valence electrons. The Morgan fingerprint density at radius 2 is 1.74 bits per heavy atom. The average molecular weight is 485 g/mol. The van der Waals surface area contributed by atoms with Gasteiger partial charge in [0.2, 0.25) is 23.8 Å². The maximum absolute atomic E-state index is 12.2. The Balaban J connectivity index is 1.47. The summed E-state index contributed by atoms with van der Waals surface area (Å²) in [6.07, 6.45) is 4.32. The van der Waals surface area contributed by atoms with Crippen LogP contribution in [0.5, 0.6) is 0 Å². The fourth-order valence-electron chi connectivity index (χ4n) is 3.47. The number of carbonyl (C=O) groups excluding carboxylic acids is 1. The van der Waals surface area contributed by atoms with E-state index in [1.165, 1.54) is 0 Å². The fraction of sp³-hybridized carbons (Fsp3) is 0.500. The third kappa shape index (κ3) is 9.47. The highest BCUT2D eigenvalue weighted by molar-refractivity contribution is 5.78. The molecule has 0 aliphatic carbocycles. The lowest BCUT2D eigenvalue weighted by molar-refractivity contribution is -0.120. The van der Waals surface area contributed by atoms with Crippen LogP contribution in [-0.4, -0.2) is 80.0 Å². The summed E-state index contributed by atoms with van der Waals surface area (Å²) >= 11 is 0. The van der Waals surface area contributed by atoms with Crippen molar-refractivity contribution in [2.45, 2.75) is 19.3 Å². The number of hydrogen-bond acceptors (Lipinski definition) is 10. The number of benzene rings is 1. The van der Waals surface area contributed by atoms with E-state index in [4.69, 9.17) is 15.2 Å². The smallest absolute Gasteiger partial charge is 0.233 e. The molecule has 1 aliphatic heterocycles. The third-order valence-electron chi connectivity index (χ3n) is 5.19. The first-order chi connectivity index (χ1) is 17.2. The van der Waals surface area contributed by atoms with E-state index in [0.717, 1.165) is 37.2 Å². The highest BCUT2D eigenvalue weighted by Gasteiger charge is 2.17. The van der Waals surface area contributed by atoms with E-state index in [-0.39, 0.29) is 5.91 Å². The number of amides is 1. The van der Waals surface area contributed by atoms with Crippen LogP contribution < -0.4 is 26.6 Å². The Hall–Kier alpha value is -3.28. The minimum absolute atomic E-state index is 0.0562. The standard InChI is InChI=1S/C24H36N8O3/c1-2-10-27-22-29-23(31-24(30-22)32-12-3-4-13-32)28-20-7-5-19(6-8-20)18-21(33)26-11-15-35-17-16-34-14-9-25/h2,5-8H,1,3-4,9-18,25H2,(H,26,33)(H2,27,28,29,30,31). The number of aromatic nitrogens is 3. The summed E-state index contributed by atoms with van der Waals surface area (Å²) in [5.41, 5.74) is 7.08. The highest BCUT2D eigenvalue weighted by Crippen LogP contribution is 2.21. The molecule has 11 nitrogen and oxygen atoms in total. The van der Waals surface area contributed by atoms with Crippen molar-refractivity contribution in [3.63, 3.8) is 0 Å². The zero-order valence-corrected chi connectivity index (χ0v) is 20.2. The maximum atomic E-state index is 12.2. The number of anilines is 4. The molecular formula is C24H36N8O3. The molecule has 35 heavy (non-hydrogen) atoms. The van der Waals surface area contributed by atoms with Gasteiger partial charge in [-0.05, 0) is 30.5 Å². The Morgan fingerprint density at radius 1 is 1.03 bits per heavy atom. The summed E-state index contributed by atoms with van der Waals surface area (Å²) in [5, 5.41) is 9.24. The molecule has 1 fully saturated rings. The predicted octanol–water partition coefficient (Wildman–Crippen LogP) is 1.46. The van der Waals surface area contributed by atoms with E-state index in [0.29, 0.717) is 70.3 Å². The molecule has 0 radical (unpaired) electrons. The summed E-state index contributed by atoms with van der Waals surface area (Å²) in [4.78, 5) is 27.9. The van der Waals surface area contributed by atoms with E-state index in [1.807, 2.05) is 24.3 Å². The van der Waals surface area contributed by atoms with Gasteiger partial charge < -0.3 is 36.1 Å². The Kier molecular flexibility index (Phi) is 11.2. The number of rotatable bonds is 16. The summed E-state index contributed by atoms with van der Waals surface area (Å²) in [6, 6.07) is 7.63. The van der Waals surface area contributed by atoms with E-state index in [2.05, 4.69) is 42.4 Å². The van der Waals surface area contributed by atoms with Crippen LogP contribution in [0.15, 0.2) is 36.9 Å². The van der Waals surface area contributed by atoms with Crippen LogP contribution in [0.2, 0.25) is 0 Å². The number of carbonyl (C=O) groups is 1. The van der Waals surface area contributed by atoms with Crippen LogP contribution in [-0.2, 0) is 20.7 Å². The van der Waals surface area contributed by atoms with Gasteiger partial charge in [-0.25, -0.2) is 0 Å². The normalized spacial score (nSPS) is 13.0. The van der Waals surface area contributed by atoms with Gasteiger partial charge >= 0.3 is 0 Å². The van der Waals surface area contributed by atoms with E-state index >= 15 is 0 Å². The van der Waals surface area contributed by atoms with Crippen LogP contribution in [0.25, 0.3) is 0 Å². The van der Waals surface area contributed by atoms with Gasteiger partial charge in [-0.1, -0.05) is 18.2 Å². The van der Waals surface area contributed by atoms with Crippen molar-refractivity contribution >= 4 is 29.4 Å². The molecule has 1 saturated heterocycles. The second kappa shape index (κ2) is 14.9. The van der Waals surface area contributed by atoms with E-state index < -0.39 is 0 Å². The largest absolute Gasteiger partial charge is 0.378 e. The summed E-state index contributed by atoms with van der Waals surface area (Å²) in [5.74, 6) is 1.57. The molecule has 1 aliphatic rings. The third-order valence-corrected chi connectivity index (χ3v) is 5.19. The molecule has 1 aromatic carbocycles. The zero-order valence-electron chi connectivity index (χ0n) is 20.2. The van der Waals surface area contributed by atoms with Crippen molar-refractivity contribution in [2.75, 3.05) is 74.7 Å². The Labute approximate surface area is 206 Å². The molecule has 0 atom stereocenters. The molecule has 2 heterocycles. The number of nitrogens with zero attached hydrogens (tertiary/aromatic N) is 4. The molecule has 3 rings (SSSR count). The van der Waals surface area contributed by atoms with Crippen LogP contribution in [0.1, 0.15) is 18.4 Å². The van der Waals surface area contributed by atoms with Gasteiger partial charge in [-0.15, -0.1) is 6.58 Å². The first-order valence-corrected chi connectivity index (χ1v) is 12.0. The van der Waals surface area contributed by atoms with Gasteiger partial charge in [-0.2, -0.15) is 15.0 Å². The van der Waals surface area contributed by atoms with E-state index in [1.54, 1.807) is 6.08 Å². The van der Waals surface area contributed by atoms with Crippen molar-refractivity contribution in [1.29, 1.82) is 0 Å². The number of ether oxygens (including phenoxy) is 2. The fourth-order valence-corrected chi connectivity index (χ4v) is 3.47. The molecule has 0 saturated carbocycles. The first-order valence-electron chi connectivity index (χ1n) is 12.0. The monoisotopic (exact) mass is 484 g/mol. The lowest BCUT2D eigenvalue weighted by Gasteiger charge is -2.17. The number of hydrogen-bond donors (Lipinski definition) is 4. The van der Waals surface area contributed by atoms with Gasteiger partial charge in [-0.3, -0.25) is 4.79 Å². The van der Waals surface area contributed by atoms with Crippen LogP contribution >= 0.6 is 0 Å². The van der Waals surface area contributed by atoms with Crippen molar-refractivity contribution in [1.82, 2.24) is 20.3 Å². The van der Waals surface area contributed by atoms with Crippen molar-refractivity contribution in [3.05, 3.63) is 42.5 Å². The van der Waals surface area contributed by atoms with Crippen LogP contribution in [0.3, 0.4) is 0 Å². The van der Waals surface area contributed by atoms with Crippen LogP contribution in [0.4, 0.5) is 23.5 Å². The van der Waals surface area contributed by atoms with Crippen molar-refractivity contribution < 1.29 is 14.3 Å². The highest BCUT2D eigenvalue weighted by atomic mass is 16.5. The number of nitrogens with two attached hydrogens (primary N) is 1. The Morgan fingerprint density at radius 3 is 2.46 bits per heavy atom. The predicted molar refractivity (Wildman–Crippen MR) is 137 cm³/mol. The minimum atomic E-state index is -0.0562. The molecule has 0 unspecified atom stereocenters. The minimum Gasteiger partial charge on any atom is -0.378 e. The molecule has 1 aromatic heterocycles. The molecule has 0 spiro atoms. The second-order valence-corrected chi connectivity index (χ2v) is 8.01. The molecule has 2 aromatic rings. The van der Waals surface area contributed by atoms with Gasteiger partial charge in [0.1, 0.15) is 0 Å². The summed E-state index contributed by atoms with van der Waals surface area (Å²) in [7, 11) is 0. The van der Waals surface area contributed by atoms with Gasteiger partial charge in [0.05, 0.1) is 32.8 Å². The van der Waals surface area contributed by atoms with Gasteiger partial charge in [0, 0.05) is 38.4 Å². The summed E-state index contributed by atoms with van der Waals surface area (Å²) in [6.45, 7) is 9.08. The Bertz CT molecular complexity index is 919. The van der Waals surface area contributed by atoms with E-state index in [9.17, 15) is 4.79 Å². The average Bonchev–Trinajstić information content (AvgIpc) is 3.41. The summed E-state index contributed by atoms with van der Waals surface area (Å²) < 4.78 is 10.6. The zero-order chi connectivity index (χ0) is 24.7. The van der Waals surface area contributed by atoms with Gasteiger partial charge in [0.15, 0.2) is 0 Å². The molecular weight excluding hydrogens is 448 g/mol. The first kappa shape index (κ1) is 26.3.